The molecule has 3 aromatic carbocycles. The van der Waals surface area contributed by atoms with Crippen molar-refractivity contribution in [3.05, 3.63) is 77.6 Å². The van der Waals surface area contributed by atoms with Crippen molar-refractivity contribution in [3.8, 4) is 0 Å². The lowest BCUT2D eigenvalue weighted by molar-refractivity contribution is -0.449. The van der Waals surface area contributed by atoms with Crippen molar-refractivity contribution in [1.29, 1.82) is 0 Å². The molecule has 0 saturated carbocycles. The van der Waals surface area contributed by atoms with Crippen molar-refractivity contribution in [2.45, 2.75) is 6.92 Å². The van der Waals surface area contributed by atoms with Gasteiger partial charge >= 0.3 is 0 Å². The Labute approximate surface area is 145 Å². The predicted molar refractivity (Wildman–Crippen MR) is 102 cm³/mol. The van der Waals surface area contributed by atoms with Crippen LogP contribution in [0.3, 0.4) is 0 Å². The SMILES string of the molecule is [C-]#[N+]c1ccc2c(c1)n(C)c1c3c(C)cccc3c3ccccc3[n+]21. The lowest BCUT2D eigenvalue weighted by atomic mass is 10.0. The largest absolute Gasteiger partial charge is 0.295 e. The van der Waals surface area contributed by atoms with E-state index < -0.39 is 0 Å². The van der Waals surface area contributed by atoms with Gasteiger partial charge in [-0.2, -0.15) is 4.40 Å². The van der Waals surface area contributed by atoms with Crippen molar-refractivity contribution in [1.82, 2.24) is 4.57 Å². The second-order valence-corrected chi connectivity index (χ2v) is 6.52. The average molecular weight is 322 g/mol. The van der Waals surface area contributed by atoms with Gasteiger partial charge in [0.15, 0.2) is 16.7 Å². The molecule has 0 spiro atoms. The first-order valence-electron chi connectivity index (χ1n) is 8.32. The molecule has 25 heavy (non-hydrogen) atoms. The minimum atomic E-state index is 0.671. The summed E-state index contributed by atoms with van der Waals surface area (Å²) >= 11 is 0. The number of aromatic nitrogens is 2. The summed E-state index contributed by atoms with van der Waals surface area (Å²) in [7, 11) is 2.09. The Bertz CT molecular complexity index is 1370. The molecule has 5 rings (SSSR count). The number of pyridine rings is 1. The summed E-state index contributed by atoms with van der Waals surface area (Å²) in [5, 5.41) is 3.79. The fourth-order valence-electron chi connectivity index (χ4n) is 4.03. The van der Waals surface area contributed by atoms with E-state index in [4.69, 9.17) is 6.57 Å². The quantitative estimate of drug-likeness (QED) is 0.214. The number of rotatable bonds is 0. The highest BCUT2D eigenvalue weighted by Crippen LogP contribution is 2.31. The first kappa shape index (κ1) is 14.0. The van der Waals surface area contributed by atoms with Crippen LogP contribution in [-0.4, -0.2) is 4.57 Å². The molecule has 0 aliphatic rings. The Kier molecular flexibility index (Phi) is 2.69. The third-order valence-corrected chi connectivity index (χ3v) is 5.15. The van der Waals surface area contributed by atoms with Crippen molar-refractivity contribution < 1.29 is 4.40 Å². The summed E-state index contributed by atoms with van der Waals surface area (Å²) in [4.78, 5) is 3.60. The summed E-state index contributed by atoms with van der Waals surface area (Å²) in [5.74, 6) is 0. The molecule has 0 atom stereocenters. The minimum Gasteiger partial charge on any atom is -0.238 e. The Balaban J connectivity index is 2.23. The number of para-hydroxylation sites is 1. The number of hydrogen-bond acceptors (Lipinski definition) is 0. The van der Waals surface area contributed by atoms with Gasteiger partial charge in [0.1, 0.15) is 5.52 Å². The van der Waals surface area contributed by atoms with E-state index in [-0.39, 0.29) is 0 Å². The van der Waals surface area contributed by atoms with E-state index in [1.807, 2.05) is 12.1 Å². The molecule has 0 amide bonds. The normalized spacial score (nSPS) is 11.6. The van der Waals surface area contributed by atoms with Crippen LogP contribution in [0.5, 0.6) is 0 Å². The first-order chi connectivity index (χ1) is 12.2. The van der Waals surface area contributed by atoms with Crippen LogP contribution in [-0.2, 0) is 7.05 Å². The molecule has 2 heterocycles. The van der Waals surface area contributed by atoms with Gasteiger partial charge in [-0.3, -0.25) is 0 Å². The van der Waals surface area contributed by atoms with E-state index in [9.17, 15) is 0 Å². The molecule has 2 aromatic heterocycles. The number of nitrogens with zero attached hydrogens (tertiary/aromatic N) is 3. The molecule has 118 valence electrons. The molecular formula is C22H16N3+. The van der Waals surface area contributed by atoms with E-state index in [0.717, 1.165) is 11.0 Å². The van der Waals surface area contributed by atoms with Gasteiger partial charge < -0.3 is 0 Å². The first-order valence-corrected chi connectivity index (χ1v) is 8.32. The van der Waals surface area contributed by atoms with Crippen LogP contribution in [0.2, 0.25) is 0 Å². The van der Waals surface area contributed by atoms with Gasteiger partial charge in [-0.05, 0) is 30.7 Å². The number of aryl methyl sites for hydroxylation is 2. The smallest absolute Gasteiger partial charge is 0.238 e. The van der Waals surface area contributed by atoms with Gasteiger partial charge in [0.25, 0.3) is 5.65 Å². The Morgan fingerprint density at radius 2 is 1.72 bits per heavy atom. The number of fused-ring (bicyclic) bond motifs is 8. The lowest BCUT2D eigenvalue weighted by Gasteiger charge is -2.06. The zero-order valence-electron chi connectivity index (χ0n) is 14.1. The van der Waals surface area contributed by atoms with Gasteiger partial charge in [0, 0.05) is 10.8 Å². The highest BCUT2D eigenvalue weighted by molar-refractivity contribution is 6.11. The van der Waals surface area contributed by atoms with Crippen molar-refractivity contribution in [3.63, 3.8) is 0 Å². The third kappa shape index (κ3) is 1.71. The van der Waals surface area contributed by atoms with Crippen LogP contribution in [0, 0.1) is 13.5 Å². The van der Waals surface area contributed by atoms with Crippen LogP contribution in [0.1, 0.15) is 5.56 Å². The van der Waals surface area contributed by atoms with E-state index in [1.54, 1.807) is 0 Å². The molecule has 3 nitrogen and oxygen atoms in total. The molecule has 0 unspecified atom stereocenters. The van der Waals surface area contributed by atoms with Gasteiger partial charge in [-0.15, -0.1) is 0 Å². The predicted octanol–water partition coefficient (Wildman–Crippen LogP) is 5.08. The van der Waals surface area contributed by atoms with Gasteiger partial charge in [-0.25, -0.2) is 9.41 Å². The van der Waals surface area contributed by atoms with Crippen molar-refractivity contribution in [2.24, 2.45) is 7.05 Å². The molecule has 5 aromatic rings. The molecule has 0 fully saturated rings. The Hall–Kier alpha value is -3.38. The van der Waals surface area contributed by atoms with E-state index >= 15 is 0 Å². The molecule has 0 saturated heterocycles. The third-order valence-electron chi connectivity index (χ3n) is 5.15. The Morgan fingerprint density at radius 1 is 0.920 bits per heavy atom. The maximum atomic E-state index is 7.33. The molecular weight excluding hydrogens is 306 g/mol. The maximum Gasteiger partial charge on any atom is 0.295 e. The van der Waals surface area contributed by atoms with Crippen molar-refractivity contribution in [2.75, 3.05) is 0 Å². The van der Waals surface area contributed by atoms with Crippen LogP contribution in [0.4, 0.5) is 5.69 Å². The number of imidazole rings is 1. The van der Waals surface area contributed by atoms with Crippen LogP contribution in [0.15, 0.2) is 60.7 Å². The molecule has 0 aliphatic carbocycles. The van der Waals surface area contributed by atoms with E-state index in [0.29, 0.717) is 5.69 Å². The zero-order chi connectivity index (χ0) is 17.1. The summed E-state index contributed by atoms with van der Waals surface area (Å²) in [6, 6.07) is 21.0. The molecule has 3 heteroatoms. The maximum absolute atomic E-state index is 7.33. The minimum absolute atomic E-state index is 0.671. The highest BCUT2D eigenvalue weighted by Gasteiger charge is 2.23. The molecule has 0 aliphatic heterocycles. The second kappa shape index (κ2) is 4.81. The molecule has 0 radical (unpaired) electrons. The summed E-state index contributed by atoms with van der Waals surface area (Å²) in [6.45, 7) is 9.50. The average Bonchev–Trinajstić information content (AvgIpc) is 2.94. The van der Waals surface area contributed by atoms with Gasteiger partial charge in [0.2, 0.25) is 0 Å². The fraction of sp³-hybridized carbons (Fsp3) is 0.0909. The summed E-state index contributed by atoms with van der Waals surface area (Å²) < 4.78 is 4.54. The molecule has 0 bridgehead atoms. The van der Waals surface area contributed by atoms with Crippen LogP contribution >= 0.6 is 0 Å². The van der Waals surface area contributed by atoms with Gasteiger partial charge in [-0.1, -0.05) is 42.5 Å². The highest BCUT2D eigenvalue weighted by atomic mass is 15.1. The van der Waals surface area contributed by atoms with Crippen LogP contribution in [0.25, 0.3) is 43.2 Å². The summed E-state index contributed by atoms with van der Waals surface area (Å²) in [5.41, 5.74) is 6.50. The number of hydrogen-bond donors (Lipinski definition) is 0. The summed E-state index contributed by atoms with van der Waals surface area (Å²) in [6.07, 6.45) is 0. The second-order valence-electron chi connectivity index (χ2n) is 6.52. The van der Waals surface area contributed by atoms with E-state index in [1.165, 1.54) is 32.9 Å². The zero-order valence-corrected chi connectivity index (χ0v) is 14.1. The standard InChI is InChI=1S/C22H16N3/c1-14-7-6-9-17-16-8-4-5-10-18(16)25-19-12-11-15(23-2)13-20(19)24(3)22(25)21(14)17/h4-13H,1,3H3/q+1. The lowest BCUT2D eigenvalue weighted by Crippen LogP contribution is -2.22. The van der Waals surface area contributed by atoms with Crippen LogP contribution < -0.4 is 4.40 Å². The topological polar surface area (TPSA) is 13.4 Å². The van der Waals surface area contributed by atoms with E-state index in [2.05, 4.69) is 76.3 Å². The number of benzene rings is 3. The fourth-order valence-corrected chi connectivity index (χ4v) is 4.03. The van der Waals surface area contributed by atoms with Gasteiger partial charge in [0.05, 0.1) is 19.0 Å². The van der Waals surface area contributed by atoms with Crippen molar-refractivity contribution >= 4 is 44.0 Å². The Morgan fingerprint density at radius 3 is 2.56 bits per heavy atom. The molecule has 0 N–H and O–H groups in total. The monoisotopic (exact) mass is 322 g/mol.